The van der Waals surface area contributed by atoms with Gasteiger partial charge in [-0.25, -0.2) is 9.37 Å². The van der Waals surface area contributed by atoms with Gasteiger partial charge in [-0.2, -0.15) is 0 Å². The number of H-pyrrole nitrogens is 1. The lowest BCUT2D eigenvalue weighted by Crippen LogP contribution is -1.83. The third-order valence-electron chi connectivity index (χ3n) is 2.31. The Labute approximate surface area is 89.8 Å². The average Bonchev–Trinajstić information content (AvgIpc) is 2.58. The standard InChI is InChI=1S/C10H6FN3S/c11-5-1-2-7-6(3-5)8-9(14-7)10(15)13-4-12-8/h1-4,14H,(H,12,13,15)/p-1. The van der Waals surface area contributed by atoms with Gasteiger partial charge < -0.3 is 17.6 Å². The highest BCUT2D eigenvalue weighted by Crippen LogP contribution is 2.25. The van der Waals surface area contributed by atoms with Crippen molar-refractivity contribution in [3.05, 3.63) is 30.3 Å². The van der Waals surface area contributed by atoms with Gasteiger partial charge in [0.25, 0.3) is 0 Å². The van der Waals surface area contributed by atoms with Gasteiger partial charge in [0.1, 0.15) is 12.1 Å². The molecule has 0 saturated carbocycles. The van der Waals surface area contributed by atoms with Crippen molar-refractivity contribution < 1.29 is 4.39 Å². The van der Waals surface area contributed by atoms with Crippen LogP contribution in [0.15, 0.2) is 29.6 Å². The SMILES string of the molecule is Fc1ccc2[nH]c3c([S-])ncnc3c2c1. The van der Waals surface area contributed by atoms with Crippen molar-refractivity contribution in [3.63, 3.8) is 0 Å². The van der Waals surface area contributed by atoms with E-state index in [4.69, 9.17) is 12.6 Å². The maximum atomic E-state index is 13.1. The first-order valence-corrected chi connectivity index (χ1v) is 4.75. The summed E-state index contributed by atoms with van der Waals surface area (Å²) < 4.78 is 13.1. The van der Waals surface area contributed by atoms with Gasteiger partial charge in [-0.05, 0) is 18.2 Å². The second kappa shape index (κ2) is 2.87. The smallest absolute Gasteiger partial charge is 0.124 e. The molecule has 0 bridgehead atoms. The minimum absolute atomic E-state index is 0.284. The fourth-order valence-corrected chi connectivity index (χ4v) is 1.84. The molecule has 2 aromatic heterocycles. The molecule has 0 amide bonds. The third kappa shape index (κ3) is 1.16. The molecule has 0 unspecified atom stereocenters. The molecule has 15 heavy (non-hydrogen) atoms. The molecule has 3 nitrogen and oxygen atoms in total. The van der Waals surface area contributed by atoms with Crippen LogP contribution in [0.2, 0.25) is 0 Å². The van der Waals surface area contributed by atoms with Crippen LogP contribution in [0.25, 0.3) is 21.9 Å². The number of aromatic amines is 1. The van der Waals surface area contributed by atoms with E-state index in [9.17, 15) is 4.39 Å². The van der Waals surface area contributed by atoms with Crippen molar-refractivity contribution in [1.82, 2.24) is 15.0 Å². The molecule has 0 aliphatic heterocycles. The van der Waals surface area contributed by atoms with E-state index in [0.29, 0.717) is 16.1 Å². The fraction of sp³-hybridized carbons (Fsp3) is 0. The number of nitrogens with zero attached hydrogens (tertiary/aromatic N) is 2. The molecule has 1 N–H and O–H groups in total. The molecule has 3 aromatic rings. The summed E-state index contributed by atoms with van der Waals surface area (Å²) in [6.07, 6.45) is 1.39. The number of halogens is 1. The first-order valence-electron chi connectivity index (χ1n) is 4.34. The number of hydrogen-bond donors (Lipinski definition) is 1. The number of nitrogens with one attached hydrogen (secondary N) is 1. The molecule has 0 fully saturated rings. The Balaban J connectivity index is 2.58. The van der Waals surface area contributed by atoms with Crippen LogP contribution < -0.4 is 0 Å². The molecule has 74 valence electrons. The maximum absolute atomic E-state index is 13.1. The fourth-order valence-electron chi connectivity index (χ4n) is 1.64. The van der Waals surface area contributed by atoms with Crippen LogP contribution in [0.3, 0.4) is 0 Å². The second-order valence-electron chi connectivity index (χ2n) is 3.22. The number of aromatic nitrogens is 3. The molecule has 0 atom stereocenters. The molecule has 0 aliphatic rings. The van der Waals surface area contributed by atoms with Crippen LogP contribution in [0.5, 0.6) is 0 Å². The minimum atomic E-state index is -0.284. The Hall–Kier alpha value is -1.75. The van der Waals surface area contributed by atoms with E-state index < -0.39 is 0 Å². The van der Waals surface area contributed by atoms with E-state index in [1.165, 1.54) is 18.5 Å². The molecule has 0 radical (unpaired) electrons. The molecule has 5 heteroatoms. The third-order valence-corrected chi connectivity index (χ3v) is 2.62. The summed E-state index contributed by atoms with van der Waals surface area (Å²) in [4.78, 5) is 11.1. The second-order valence-corrected chi connectivity index (χ2v) is 3.60. The first-order chi connectivity index (χ1) is 7.25. The van der Waals surface area contributed by atoms with Gasteiger partial charge >= 0.3 is 0 Å². The van der Waals surface area contributed by atoms with Crippen LogP contribution in [0, 0.1) is 5.82 Å². The zero-order valence-corrected chi connectivity index (χ0v) is 8.31. The van der Waals surface area contributed by atoms with Gasteiger partial charge in [0, 0.05) is 10.9 Å². The van der Waals surface area contributed by atoms with Gasteiger partial charge in [0.2, 0.25) is 0 Å². The van der Waals surface area contributed by atoms with E-state index in [1.807, 2.05) is 0 Å². The summed E-state index contributed by atoms with van der Waals surface area (Å²) in [6, 6.07) is 4.51. The molecule has 0 saturated heterocycles. The van der Waals surface area contributed by atoms with E-state index in [-0.39, 0.29) is 5.82 Å². The van der Waals surface area contributed by atoms with Crippen molar-refractivity contribution in [3.8, 4) is 0 Å². The number of rotatable bonds is 0. The highest BCUT2D eigenvalue weighted by molar-refractivity contribution is 7.59. The lowest BCUT2D eigenvalue weighted by Gasteiger charge is -2.02. The predicted molar refractivity (Wildman–Crippen MR) is 57.0 cm³/mol. The van der Waals surface area contributed by atoms with Crippen LogP contribution in [-0.2, 0) is 12.6 Å². The van der Waals surface area contributed by atoms with Crippen molar-refractivity contribution >= 4 is 34.6 Å². The van der Waals surface area contributed by atoms with E-state index in [2.05, 4.69) is 15.0 Å². The van der Waals surface area contributed by atoms with Crippen molar-refractivity contribution in [1.29, 1.82) is 0 Å². The molecule has 0 spiro atoms. The van der Waals surface area contributed by atoms with Gasteiger partial charge in [-0.1, -0.05) is 5.03 Å². The quantitative estimate of drug-likeness (QED) is 0.464. The van der Waals surface area contributed by atoms with Gasteiger partial charge in [0.15, 0.2) is 0 Å². The molecule has 0 aliphatic carbocycles. The lowest BCUT2D eigenvalue weighted by molar-refractivity contribution is 0.630. The topological polar surface area (TPSA) is 41.6 Å². The Morgan fingerprint density at radius 2 is 2.13 bits per heavy atom. The van der Waals surface area contributed by atoms with Crippen LogP contribution in [0.1, 0.15) is 0 Å². The van der Waals surface area contributed by atoms with E-state index >= 15 is 0 Å². The van der Waals surface area contributed by atoms with Gasteiger partial charge in [-0.3, -0.25) is 4.98 Å². The van der Waals surface area contributed by atoms with Gasteiger partial charge in [0.05, 0.1) is 11.0 Å². The Morgan fingerprint density at radius 1 is 1.27 bits per heavy atom. The van der Waals surface area contributed by atoms with E-state index in [0.717, 1.165) is 10.9 Å². The monoisotopic (exact) mass is 218 g/mol. The zero-order valence-electron chi connectivity index (χ0n) is 7.49. The number of hydrogen-bond acceptors (Lipinski definition) is 3. The Bertz CT molecular complexity index is 662. The molecule has 1 aromatic carbocycles. The zero-order chi connectivity index (χ0) is 10.4. The Morgan fingerprint density at radius 3 is 3.00 bits per heavy atom. The minimum Gasteiger partial charge on any atom is -0.758 e. The van der Waals surface area contributed by atoms with E-state index in [1.54, 1.807) is 6.07 Å². The summed E-state index contributed by atoms with van der Waals surface area (Å²) in [6.45, 7) is 0. The first kappa shape index (κ1) is 8.55. The maximum Gasteiger partial charge on any atom is 0.124 e. The number of fused-ring (bicyclic) bond motifs is 3. The molecule has 3 rings (SSSR count). The summed E-state index contributed by atoms with van der Waals surface area (Å²) in [5.41, 5.74) is 2.18. The van der Waals surface area contributed by atoms with Crippen molar-refractivity contribution in [2.75, 3.05) is 0 Å². The van der Waals surface area contributed by atoms with Crippen molar-refractivity contribution in [2.45, 2.75) is 5.03 Å². The summed E-state index contributed by atoms with van der Waals surface area (Å²) in [5.74, 6) is -0.284. The summed E-state index contributed by atoms with van der Waals surface area (Å²) >= 11 is 5.05. The molecule has 2 heterocycles. The highest BCUT2D eigenvalue weighted by Gasteiger charge is 2.05. The predicted octanol–water partition coefficient (Wildman–Crippen LogP) is 2.16. The average molecular weight is 218 g/mol. The largest absolute Gasteiger partial charge is 0.758 e. The normalized spacial score (nSPS) is 11.3. The Kier molecular flexibility index (Phi) is 1.63. The van der Waals surface area contributed by atoms with Crippen LogP contribution in [0.4, 0.5) is 4.39 Å². The van der Waals surface area contributed by atoms with Gasteiger partial charge in [-0.15, -0.1) is 0 Å². The van der Waals surface area contributed by atoms with Crippen LogP contribution >= 0.6 is 0 Å². The number of benzene rings is 1. The summed E-state index contributed by atoms with van der Waals surface area (Å²) in [7, 11) is 0. The highest BCUT2D eigenvalue weighted by atomic mass is 32.1. The lowest BCUT2D eigenvalue weighted by atomic mass is 10.2. The summed E-state index contributed by atoms with van der Waals surface area (Å²) in [5, 5.41) is 1.19. The molecular weight excluding hydrogens is 213 g/mol. The molecular formula is C10H5FN3S-. The van der Waals surface area contributed by atoms with Crippen molar-refractivity contribution in [2.24, 2.45) is 0 Å². The van der Waals surface area contributed by atoms with Crippen LogP contribution in [-0.4, -0.2) is 15.0 Å².